The van der Waals surface area contributed by atoms with Crippen LogP contribution < -0.4 is 4.31 Å². The monoisotopic (exact) mass is 395 g/mol. The van der Waals surface area contributed by atoms with Crippen molar-refractivity contribution in [2.24, 2.45) is 17.8 Å². The zero-order valence-electron chi connectivity index (χ0n) is 14.4. The van der Waals surface area contributed by atoms with Crippen LogP contribution in [0.2, 0.25) is 0 Å². The van der Waals surface area contributed by atoms with Gasteiger partial charge in [0.05, 0.1) is 28.8 Å². The first kappa shape index (κ1) is 18.1. The molecule has 0 amide bonds. The quantitative estimate of drug-likeness (QED) is 0.685. The van der Waals surface area contributed by atoms with E-state index in [2.05, 4.69) is 4.85 Å². The fourth-order valence-corrected chi connectivity index (χ4v) is 7.88. The number of sulfonamides is 1. The Morgan fingerprint density at radius 3 is 2.63 bits per heavy atom. The molecule has 27 heavy (non-hydrogen) atoms. The van der Waals surface area contributed by atoms with E-state index in [4.69, 9.17) is 11.8 Å². The summed E-state index contributed by atoms with van der Waals surface area (Å²) in [6.45, 7) is 9.10. The maximum Gasteiger partial charge on any atom is 0.417 e. The third-order valence-corrected chi connectivity index (χ3v) is 9.36. The molecule has 9 heteroatoms. The second-order valence-electron chi connectivity index (χ2n) is 7.70. The van der Waals surface area contributed by atoms with Crippen molar-refractivity contribution in [2.75, 3.05) is 10.8 Å². The standard InChI is InChI=1S/C18H16F3N3O2S/c1-17-14-5-11(6-16(14)23-2)15(17)9-24(27(17,25)26)12-4-3-10(8-22)13(7-12)18(19,20)21/h3-4,7,11,14-16H,5-6,9H2,1H3/t11-,14-,15-,16-,17+/m0/s1. The van der Waals surface area contributed by atoms with Crippen LogP contribution in [0, 0.1) is 35.7 Å². The molecule has 0 spiro atoms. The number of hydrogen-bond acceptors (Lipinski definition) is 3. The number of anilines is 1. The number of alkyl halides is 3. The largest absolute Gasteiger partial charge is 0.417 e. The van der Waals surface area contributed by atoms with E-state index in [1.54, 1.807) is 6.92 Å². The fraction of sp³-hybridized carbons (Fsp3) is 0.556. The number of nitrogens with zero attached hydrogens (tertiary/aromatic N) is 3. The summed E-state index contributed by atoms with van der Waals surface area (Å²) in [7, 11) is -3.93. The van der Waals surface area contributed by atoms with Crippen LogP contribution in [0.15, 0.2) is 18.2 Å². The highest BCUT2D eigenvalue weighted by Crippen LogP contribution is 2.63. The van der Waals surface area contributed by atoms with Gasteiger partial charge in [0.25, 0.3) is 0 Å². The minimum absolute atomic E-state index is 0.0734. The molecule has 2 saturated carbocycles. The summed E-state index contributed by atoms with van der Waals surface area (Å²) >= 11 is 0. The lowest BCUT2D eigenvalue weighted by Gasteiger charge is -2.33. The lowest BCUT2D eigenvalue weighted by atomic mass is 9.77. The Bertz CT molecular complexity index is 1010. The van der Waals surface area contributed by atoms with Crippen molar-refractivity contribution in [3.8, 4) is 6.07 Å². The van der Waals surface area contributed by atoms with Crippen molar-refractivity contribution in [3.63, 3.8) is 0 Å². The molecule has 3 aliphatic rings. The molecule has 4 rings (SSSR count). The number of halogens is 3. The predicted molar refractivity (Wildman–Crippen MR) is 90.9 cm³/mol. The van der Waals surface area contributed by atoms with E-state index in [0.717, 1.165) is 16.4 Å². The summed E-state index contributed by atoms with van der Waals surface area (Å²) in [4.78, 5) is 3.59. The van der Waals surface area contributed by atoms with Gasteiger partial charge in [0.15, 0.2) is 0 Å². The van der Waals surface area contributed by atoms with Gasteiger partial charge >= 0.3 is 6.18 Å². The highest BCUT2D eigenvalue weighted by molar-refractivity contribution is 7.94. The highest BCUT2D eigenvalue weighted by Gasteiger charge is 2.72. The molecule has 3 fully saturated rings. The Morgan fingerprint density at radius 1 is 1.33 bits per heavy atom. The van der Waals surface area contributed by atoms with Gasteiger partial charge in [-0.15, -0.1) is 0 Å². The van der Waals surface area contributed by atoms with E-state index in [1.165, 1.54) is 12.1 Å². The summed E-state index contributed by atoms with van der Waals surface area (Å²) in [5.41, 5.74) is -1.75. The average molecular weight is 395 g/mol. The molecule has 0 N–H and O–H groups in total. The number of nitriles is 1. The van der Waals surface area contributed by atoms with Gasteiger partial charge in [-0.3, -0.25) is 4.31 Å². The summed E-state index contributed by atoms with van der Waals surface area (Å²) in [5.74, 6) is -0.393. The van der Waals surface area contributed by atoms with Gasteiger partial charge in [-0.2, -0.15) is 18.4 Å². The predicted octanol–water partition coefficient (Wildman–Crippen LogP) is 3.43. The average Bonchev–Trinajstić information content (AvgIpc) is 3.21. The van der Waals surface area contributed by atoms with E-state index >= 15 is 0 Å². The van der Waals surface area contributed by atoms with Crippen molar-refractivity contribution < 1.29 is 21.6 Å². The first-order chi connectivity index (χ1) is 12.6. The van der Waals surface area contributed by atoms with Crippen molar-refractivity contribution in [1.82, 2.24) is 0 Å². The lowest BCUT2D eigenvalue weighted by Crippen LogP contribution is -2.48. The molecule has 1 aromatic rings. The van der Waals surface area contributed by atoms with Crippen molar-refractivity contribution >= 4 is 15.7 Å². The van der Waals surface area contributed by atoms with Crippen LogP contribution in [0.1, 0.15) is 30.9 Å². The number of hydrogen-bond donors (Lipinski definition) is 0. The van der Waals surface area contributed by atoms with Crippen molar-refractivity contribution in [3.05, 3.63) is 40.7 Å². The van der Waals surface area contributed by atoms with Gasteiger partial charge in [0, 0.05) is 18.9 Å². The molecule has 2 aliphatic carbocycles. The van der Waals surface area contributed by atoms with Crippen LogP contribution >= 0.6 is 0 Å². The van der Waals surface area contributed by atoms with Gasteiger partial charge < -0.3 is 4.85 Å². The maximum atomic E-state index is 13.3. The molecule has 142 valence electrons. The van der Waals surface area contributed by atoms with Crippen molar-refractivity contribution in [2.45, 2.75) is 36.7 Å². The Hall–Kier alpha value is -2.26. The smallest absolute Gasteiger partial charge is 0.313 e. The summed E-state index contributed by atoms with van der Waals surface area (Å²) < 4.78 is 66.4. The molecule has 0 unspecified atom stereocenters. The third kappa shape index (κ3) is 2.18. The van der Waals surface area contributed by atoms with E-state index in [1.807, 2.05) is 0 Å². The summed E-state index contributed by atoms with van der Waals surface area (Å²) in [5, 5.41) is 8.94. The number of rotatable bonds is 1. The van der Waals surface area contributed by atoms with E-state index < -0.39 is 32.1 Å². The zero-order valence-corrected chi connectivity index (χ0v) is 15.2. The van der Waals surface area contributed by atoms with E-state index in [9.17, 15) is 21.6 Å². The Kier molecular flexibility index (Phi) is 3.61. The first-order valence-electron chi connectivity index (χ1n) is 8.56. The summed E-state index contributed by atoms with van der Waals surface area (Å²) in [6.07, 6.45) is -3.42. The van der Waals surface area contributed by atoms with Crippen LogP contribution in [0.25, 0.3) is 4.85 Å². The molecule has 5 nitrogen and oxygen atoms in total. The molecule has 0 aromatic heterocycles. The molecule has 2 bridgehead atoms. The highest BCUT2D eigenvalue weighted by atomic mass is 32.2. The molecule has 1 saturated heterocycles. The topological polar surface area (TPSA) is 65.5 Å². The summed E-state index contributed by atoms with van der Waals surface area (Å²) in [6, 6.07) is 4.17. The van der Waals surface area contributed by atoms with Gasteiger partial charge in [0.1, 0.15) is 4.75 Å². The molecular formula is C18H16F3N3O2S. The molecule has 1 aromatic carbocycles. The molecule has 5 atom stereocenters. The Morgan fingerprint density at radius 2 is 2.04 bits per heavy atom. The van der Waals surface area contributed by atoms with Crippen LogP contribution in [0.3, 0.4) is 0 Å². The molecule has 0 radical (unpaired) electrons. The van der Waals surface area contributed by atoms with Gasteiger partial charge in [-0.25, -0.2) is 15.0 Å². The lowest BCUT2D eigenvalue weighted by molar-refractivity contribution is -0.137. The molecule has 1 aliphatic heterocycles. The Labute approximate surface area is 155 Å². The minimum Gasteiger partial charge on any atom is -0.313 e. The van der Waals surface area contributed by atoms with Crippen LogP contribution in [0.4, 0.5) is 18.9 Å². The van der Waals surface area contributed by atoms with Gasteiger partial charge in [0.2, 0.25) is 16.1 Å². The Balaban J connectivity index is 1.80. The zero-order chi connectivity index (χ0) is 19.8. The van der Waals surface area contributed by atoms with Crippen LogP contribution in [0.5, 0.6) is 0 Å². The third-order valence-electron chi connectivity index (χ3n) is 6.70. The van der Waals surface area contributed by atoms with E-state index in [-0.39, 0.29) is 36.0 Å². The SMILES string of the molecule is [C-]#[N+][C@H]1C[C@@H]2C[C@@H]1[C@]1(C)[C@H]2CN(c2ccc(C#N)c(C(F)(F)F)c2)S1(=O)=O. The van der Waals surface area contributed by atoms with Crippen LogP contribution in [-0.2, 0) is 16.2 Å². The second kappa shape index (κ2) is 5.39. The van der Waals surface area contributed by atoms with Crippen molar-refractivity contribution in [1.29, 1.82) is 5.26 Å². The molecular weight excluding hydrogens is 379 g/mol. The number of benzene rings is 1. The van der Waals surface area contributed by atoms with E-state index in [0.29, 0.717) is 12.8 Å². The van der Waals surface area contributed by atoms with Gasteiger partial charge in [-0.05, 0) is 37.5 Å². The van der Waals surface area contributed by atoms with Gasteiger partial charge in [-0.1, -0.05) is 0 Å². The number of fused-ring (bicyclic) bond motifs is 5. The second-order valence-corrected chi connectivity index (χ2v) is 9.97. The first-order valence-corrected chi connectivity index (χ1v) is 10.00. The van der Waals surface area contributed by atoms with Crippen LogP contribution in [-0.4, -0.2) is 25.8 Å². The maximum absolute atomic E-state index is 13.3. The normalized spacial score (nSPS) is 36.3. The minimum atomic E-state index is -4.75. The fourth-order valence-electron chi connectivity index (χ4n) is 5.37. The molecule has 1 heterocycles.